The molecule has 3 unspecified atom stereocenters. The van der Waals surface area contributed by atoms with Crippen LogP contribution in [0, 0.1) is 11.8 Å². The molecular weight excluding hydrogens is 326 g/mol. The van der Waals surface area contributed by atoms with Crippen LogP contribution < -0.4 is 16.4 Å². The van der Waals surface area contributed by atoms with Gasteiger partial charge in [0.1, 0.15) is 6.04 Å². The first kappa shape index (κ1) is 20.5. The molecule has 0 aromatic heterocycles. The van der Waals surface area contributed by atoms with Crippen LogP contribution in [0.2, 0.25) is 0 Å². The van der Waals surface area contributed by atoms with Gasteiger partial charge in [-0.15, -0.1) is 12.4 Å². The zero-order valence-corrected chi connectivity index (χ0v) is 15.1. The molecule has 1 aliphatic carbocycles. The number of amides is 2. The highest BCUT2D eigenvalue weighted by Gasteiger charge is 2.30. The average Bonchev–Trinajstić information content (AvgIpc) is 3.42. The minimum Gasteiger partial charge on any atom is -0.353 e. The lowest BCUT2D eigenvalue weighted by atomic mass is 9.97. The summed E-state index contributed by atoms with van der Waals surface area (Å²) in [7, 11) is 0. The van der Waals surface area contributed by atoms with Crippen LogP contribution in [0.4, 0.5) is 0 Å². The second kappa shape index (κ2) is 9.64. The fourth-order valence-corrected chi connectivity index (χ4v) is 2.54. The predicted octanol–water partition coefficient (Wildman–Crippen LogP) is 2.11. The topological polar surface area (TPSA) is 84.2 Å². The van der Waals surface area contributed by atoms with Gasteiger partial charge in [-0.2, -0.15) is 0 Å². The molecule has 0 radical (unpaired) electrons. The Morgan fingerprint density at radius 2 is 1.88 bits per heavy atom. The number of hydrogen-bond donors (Lipinski definition) is 3. The Hall–Kier alpha value is -1.59. The first-order valence-electron chi connectivity index (χ1n) is 8.42. The Kier molecular flexibility index (Phi) is 8.22. The molecule has 0 spiro atoms. The van der Waals surface area contributed by atoms with Gasteiger partial charge in [0.2, 0.25) is 5.91 Å². The van der Waals surface area contributed by atoms with Crippen molar-refractivity contribution < 1.29 is 9.59 Å². The van der Waals surface area contributed by atoms with E-state index in [0.717, 1.165) is 19.3 Å². The largest absolute Gasteiger partial charge is 0.353 e. The molecule has 1 aromatic rings. The maximum Gasteiger partial charge on any atom is 0.251 e. The first-order valence-corrected chi connectivity index (χ1v) is 8.42. The van der Waals surface area contributed by atoms with Gasteiger partial charge in [0.15, 0.2) is 0 Å². The molecule has 1 fully saturated rings. The lowest BCUT2D eigenvalue weighted by Gasteiger charge is -2.24. The molecule has 0 saturated heterocycles. The number of benzene rings is 1. The Morgan fingerprint density at radius 1 is 1.25 bits per heavy atom. The second-order valence-electron chi connectivity index (χ2n) is 6.45. The molecule has 0 heterocycles. The predicted molar refractivity (Wildman–Crippen MR) is 98.1 cm³/mol. The van der Waals surface area contributed by atoms with E-state index in [2.05, 4.69) is 10.6 Å². The first-order chi connectivity index (χ1) is 11.0. The van der Waals surface area contributed by atoms with Crippen LogP contribution in [-0.2, 0) is 4.79 Å². The van der Waals surface area contributed by atoms with Crippen molar-refractivity contribution >= 4 is 24.2 Å². The second-order valence-corrected chi connectivity index (χ2v) is 6.45. The van der Waals surface area contributed by atoms with Crippen LogP contribution in [0.3, 0.4) is 0 Å². The Bertz CT molecular complexity index is 534. The van der Waals surface area contributed by atoms with Crippen LogP contribution in [0.5, 0.6) is 0 Å². The van der Waals surface area contributed by atoms with E-state index in [9.17, 15) is 9.59 Å². The van der Waals surface area contributed by atoms with Gasteiger partial charge in [-0.25, -0.2) is 0 Å². The maximum atomic E-state index is 12.5. The van der Waals surface area contributed by atoms with Crippen molar-refractivity contribution in [3.8, 4) is 0 Å². The van der Waals surface area contributed by atoms with E-state index in [0.29, 0.717) is 18.0 Å². The molecule has 0 bridgehead atoms. The van der Waals surface area contributed by atoms with Crippen molar-refractivity contribution in [2.45, 2.75) is 45.2 Å². The van der Waals surface area contributed by atoms with Crippen molar-refractivity contribution in [1.82, 2.24) is 10.6 Å². The zero-order valence-electron chi connectivity index (χ0n) is 14.3. The number of halogens is 1. The van der Waals surface area contributed by atoms with E-state index >= 15 is 0 Å². The zero-order chi connectivity index (χ0) is 16.8. The highest BCUT2D eigenvalue weighted by atomic mass is 35.5. The van der Waals surface area contributed by atoms with Crippen molar-refractivity contribution in [3.63, 3.8) is 0 Å². The fraction of sp³-hybridized carbons (Fsp3) is 0.556. The van der Waals surface area contributed by atoms with Crippen LogP contribution in [0.1, 0.15) is 43.5 Å². The minimum absolute atomic E-state index is 0. The van der Waals surface area contributed by atoms with Gasteiger partial charge in [-0.05, 0) is 36.8 Å². The molecule has 24 heavy (non-hydrogen) atoms. The van der Waals surface area contributed by atoms with Crippen molar-refractivity contribution in [1.29, 1.82) is 0 Å². The van der Waals surface area contributed by atoms with Gasteiger partial charge in [-0.1, -0.05) is 38.5 Å². The molecule has 1 aliphatic rings. The van der Waals surface area contributed by atoms with E-state index < -0.39 is 6.04 Å². The van der Waals surface area contributed by atoms with E-state index in [1.54, 1.807) is 12.1 Å². The summed E-state index contributed by atoms with van der Waals surface area (Å²) in [6, 6.07) is 8.42. The lowest BCUT2D eigenvalue weighted by Crippen LogP contribution is -2.52. The Morgan fingerprint density at radius 3 is 2.42 bits per heavy atom. The molecule has 6 heteroatoms. The Labute approximate surface area is 150 Å². The highest BCUT2D eigenvalue weighted by molar-refractivity contribution is 5.97. The number of rotatable bonds is 8. The van der Waals surface area contributed by atoms with E-state index in [1.165, 1.54) is 0 Å². The van der Waals surface area contributed by atoms with E-state index in [1.807, 2.05) is 32.0 Å². The van der Waals surface area contributed by atoms with Crippen LogP contribution in [-0.4, -0.2) is 30.4 Å². The van der Waals surface area contributed by atoms with Gasteiger partial charge in [0.05, 0.1) is 0 Å². The highest BCUT2D eigenvalue weighted by Crippen LogP contribution is 2.31. The summed E-state index contributed by atoms with van der Waals surface area (Å²) >= 11 is 0. The molecule has 134 valence electrons. The number of nitrogens with one attached hydrogen (secondary N) is 2. The number of carbonyl (C=O) groups is 2. The summed E-state index contributed by atoms with van der Waals surface area (Å²) < 4.78 is 0. The number of hydrogen-bond acceptors (Lipinski definition) is 3. The molecule has 5 nitrogen and oxygen atoms in total. The van der Waals surface area contributed by atoms with Gasteiger partial charge in [-0.3, -0.25) is 9.59 Å². The van der Waals surface area contributed by atoms with Gasteiger partial charge in [0.25, 0.3) is 5.91 Å². The molecule has 1 saturated carbocycles. The van der Waals surface area contributed by atoms with Gasteiger partial charge in [0, 0.05) is 18.2 Å². The van der Waals surface area contributed by atoms with E-state index in [-0.39, 0.29) is 36.2 Å². The molecule has 4 N–H and O–H groups in total. The summed E-state index contributed by atoms with van der Waals surface area (Å²) in [6.45, 7) is 4.45. The molecule has 1 aromatic carbocycles. The quantitative estimate of drug-likeness (QED) is 0.669. The monoisotopic (exact) mass is 353 g/mol. The van der Waals surface area contributed by atoms with E-state index in [4.69, 9.17) is 5.73 Å². The van der Waals surface area contributed by atoms with Crippen LogP contribution in [0.15, 0.2) is 30.3 Å². The fourth-order valence-electron chi connectivity index (χ4n) is 2.54. The van der Waals surface area contributed by atoms with Crippen LogP contribution >= 0.6 is 12.4 Å². The molecule has 3 atom stereocenters. The summed E-state index contributed by atoms with van der Waals surface area (Å²) in [5.74, 6) is 0.216. The standard InChI is InChI=1S/C18H27N3O2.ClH/c1-3-12(2)16(18(23)20-11-15(19)13-9-10-13)21-17(22)14-7-5-4-6-8-14;/h4-8,12-13,15-16H,3,9-11,19H2,1-2H3,(H,20,23)(H,21,22);1H. The van der Waals surface area contributed by atoms with Crippen LogP contribution in [0.25, 0.3) is 0 Å². The summed E-state index contributed by atoms with van der Waals surface area (Å²) in [4.78, 5) is 24.8. The summed E-state index contributed by atoms with van der Waals surface area (Å²) in [6.07, 6.45) is 3.11. The third kappa shape index (κ3) is 5.80. The van der Waals surface area contributed by atoms with Crippen molar-refractivity contribution in [2.75, 3.05) is 6.54 Å². The Balaban J connectivity index is 0.00000288. The smallest absolute Gasteiger partial charge is 0.251 e. The number of carbonyl (C=O) groups excluding carboxylic acids is 2. The van der Waals surface area contributed by atoms with Crippen molar-refractivity contribution in [2.24, 2.45) is 17.6 Å². The lowest BCUT2D eigenvalue weighted by molar-refractivity contribution is -0.124. The van der Waals surface area contributed by atoms with Crippen molar-refractivity contribution in [3.05, 3.63) is 35.9 Å². The summed E-state index contributed by atoms with van der Waals surface area (Å²) in [5, 5.41) is 5.76. The third-order valence-corrected chi connectivity index (χ3v) is 4.56. The normalized spacial score (nSPS) is 17.1. The summed E-state index contributed by atoms with van der Waals surface area (Å²) in [5.41, 5.74) is 6.58. The minimum atomic E-state index is -0.542. The van der Waals surface area contributed by atoms with Gasteiger partial charge >= 0.3 is 0 Å². The SMILES string of the molecule is CCC(C)C(NC(=O)c1ccccc1)C(=O)NCC(N)C1CC1.Cl. The average molecular weight is 354 g/mol. The maximum absolute atomic E-state index is 12.5. The number of nitrogens with two attached hydrogens (primary N) is 1. The molecular formula is C18H28ClN3O2. The molecule has 2 rings (SSSR count). The molecule has 0 aliphatic heterocycles. The van der Waals surface area contributed by atoms with Gasteiger partial charge < -0.3 is 16.4 Å². The third-order valence-electron chi connectivity index (χ3n) is 4.56. The molecule has 2 amide bonds.